The predicted octanol–water partition coefficient (Wildman–Crippen LogP) is 2.48. The lowest BCUT2D eigenvalue weighted by Gasteiger charge is -2.36. The molecule has 1 aliphatic rings. The highest BCUT2D eigenvalue weighted by atomic mass is 35.5. The molecule has 2 aromatic carbocycles. The van der Waals surface area contributed by atoms with E-state index in [1.54, 1.807) is 11.0 Å². The quantitative estimate of drug-likeness (QED) is 0.577. The Balaban J connectivity index is 1.87. The van der Waals surface area contributed by atoms with Gasteiger partial charge < -0.3 is 15.1 Å². The first-order chi connectivity index (χ1) is 16.1. The van der Waals surface area contributed by atoms with Crippen molar-refractivity contribution in [1.29, 1.82) is 0 Å². The largest absolute Gasteiger partial charge is 0.339 e. The topological polar surface area (TPSA) is 104 Å². The zero-order valence-electron chi connectivity index (χ0n) is 18.5. The highest BCUT2D eigenvalue weighted by molar-refractivity contribution is 7.92. The minimum atomic E-state index is -4.42. The average Bonchev–Trinajstić information content (AvgIpc) is 2.82. The van der Waals surface area contributed by atoms with Crippen molar-refractivity contribution in [2.45, 2.75) is 30.0 Å². The molecule has 1 N–H and O–H groups in total. The van der Waals surface area contributed by atoms with Crippen molar-refractivity contribution in [2.75, 3.05) is 26.2 Å². The van der Waals surface area contributed by atoms with Crippen molar-refractivity contribution in [3.05, 3.63) is 64.9 Å². The molecular formula is C23H25ClFN3O5S. The number of benzene rings is 2. The average molecular weight is 510 g/mol. The summed E-state index contributed by atoms with van der Waals surface area (Å²) in [5, 5.41) is 0.640. The third kappa shape index (κ3) is 5.92. The summed E-state index contributed by atoms with van der Waals surface area (Å²) < 4.78 is 40.1. The van der Waals surface area contributed by atoms with Gasteiger partial charge in [0.25, 0.3) is 11.8 Å². The summed E-state index contributed by atoms with van der Waals surface area (Å²) in [6.45, 7) is 2.66. The van der Waals surface area contributed by atoms with E-state index in [1.807, 2.05) is 6.92 Å². The fraction of sp³-hybridized carbons (Fsp3) is 0.348. The van der Waals surface area contributed by atoms with Crippen molar-refractivity contribution in [2.24, 2.45) is 0 Å². The maximum absolute atomic E-state index is 13.4. The van der Waals surface area contributed by atoms with E-state index < -0.39 is 32.8 Å². The molecule has 1 atom stereocenters. The molecule has 0 unspecified atom stereocenters. The van der Waals surface area contributed by atoms with Gasteiger partial charge in [0.2, 0.25) is 21.1 Å². The van der Waals surface area contributed by atoms with Crippen LogP contribution in [0.15, 0.2) is 53.4 Å². The number of amides is 3. The number of hydrogen-bond acceptors (Lipinski definition) is 5. The summed E-state index contributed by atoms with van der Waals surface area (Å²) in [5.41, 5.74) is 0.0783. The molecule has 1 aliphatic heterocycles. The molecule has 182 valence electrons. The lowest BCUT2D eigenvalue weighted by molar-refractivity contribution is -0.139. The SMILES string of the molecule is CCCC(=O)N1CCN(C(=O)[C@H](NC(=O)c2cccc(Cl)c2)S(=O)(=O)c2ccc(F)cc2)CC1. The molecule has 0 aliphatic carbocycles. The monoisotopic (exact) mass is 509 g/mol. The van der Waals surface area contributed by atoms with Crippen LogP contribution in [0.25, 0.3) is 0 Å². The molecule has 0 spiro atoms. The normalized spacial score (nSPS) is 15.0. The highest BCUT2D eigenvalue weighted by Crippen LogP contribution is 2.19. The summed E-state index contributed by atoms with van der Waals surface area (Å²) in [7, 11) is -4.42. The van der Waals surface area contributed by atoms with E-state index in [0.29, 0.717) is 12.8 Å². The van der Waals surface area contributed by atoms with Crippen LogP contribution in [-0.4, -0.2) is 67.5 Å². The summed E-state index contributed by atoms with van der Waals surface area (Å²) in [6.07, 6.45) is 1.09. The Labute approximate surface area is 202 Å². The summed E-state index contributed by atoms with van der Waals surface area (Å²) in [6, 6.07) is 9.86. The molecule has 1 saturated heterocycles. The van der Waals surface area contributed by atoms with Crippen molar-refractivity contribution in [3.63, 3.8) is 0 Å². The van der Waals surface area contributed by atoms with E-state index in [9.17, 15) is 27.2 Å². The van der Waals surface area contributed by atoms with Gasteiger partial charge in [0.15, 0.2) is 0 Å². The molecule has 8 nitrogen and oxygen atoms in total. The van der Waals surface area contributed by atoms with E-state index in [2.05, 4.69) is 5.32 Å². The van der Waals surface area contributed by atoms with Crippen molar-refractivity contribution in [3.8, 4) is 0 Å². The molecule has 0 saturated carbocycles. The standard InChI is InChI=1S/C23H25ClFN3O5S/c1-2-4-20(29)27-11-13-28(14-12-27)23(31)22(26-21(30)16-5-3-6-17(24)15-16)34(32,33)19-9-7-18(25)8-10-19/h3,5-10,15,22H,2,4,11-14H2,1H3,(H,26,30)/t22-/m1/s1. The van der Waals surface area contributed by atoms with Crippen molar-refractivity contribution >= 4 is 39.2 Å². The number of piperazine rings is 1. The van der Waals surface area contributed by atoms with Crippen molar-refractivity contribution in [1.82, 2.24) is 15.1 Å². The zero-order valence-corrected chi connectivity index (χ0v) is 20.1. The molecule has 3 amide bonds. The lowest BCUT2D eigenvalue weighted by atomic mass is 10.2. The first kappa shape index (κ1) is 25.6. The molecule has 11 heteroatoms. The maximum Gasteiger partial charge on any atom is 0.261 e. The number of rotatable bonds is 7. The number of sulfone groups is 1. The third-order valence-corrected chi connectivity index (χ3v) is 7.54. The number of carbonyl (C=O) groups is 3. The van der Waals surface area contributed by atoms with Crippen LogP contribution in [-0.2, 0) is 19.4 Å². The Morgan fingerprint density at radius 1 is 1.03 bits per heavy atom. The second-order valence-corrected chi connectivity index (χ2v) is 10.3. The lowest BCUT2D eigenvalue weighted by Crippen LogP contribution is -2.57. The Kier molecular flexibility index (Phi) is 8.27. The van der Waals surface area contributed by atoms with Crippen LogP contribution < -0.4 is 5.32 Å². The van der Waals surface area contributed by atoms with Gasteiger partial charge in [-0.1, -0.05) is 24.6 Å². The van der Waals surface area contributed by atoms with Crippen LogP contribution in [0.5, 0.6) is 0 Å². The fourth-order valence-corrected chi connectivity index (χ4v) is 5.23. The highest BCUT2D eigenvalue weighted by Gasteiger charge is 2.39. The molecule has 0 radical (unpaired) electrons. The minimum Gasteiger partial charge on any atom is -0.339 e. The smallest absolute Gasteiger partial charge is 0.261 e. The van der Waals surface area contributed by atoms with Crippen molar-refractivity contribution < 1.29 is 27.2 Å². The van der Waals surface area contributed by atoms with Gasteiger partial charge in [0.1, 0.15) is 5.82 Å². The van der Waals surface area contributed by atoms with E-state index in [0.717, 1.165) is 24.3 Å². The summed E-state index contributed by atoms with van der Waals surface area (Å²) in [5.74, 6) is -2.30. The zero-order chi connectivity index (χ0) is 24.9. The number of carbonyl (C=O) groups excluding carboxylic acids is 3. The molecular weight excluding hydrogens is 485 g/mol. The number of hydrogen-bond donors (Lipinski definition) is 1. The van der Waals surface area contributed by atoms with Gasteiger partial charge in [-0.3, -0.25) is 14.4 Å². The molecule has 0 aromatic heterocycles. The van der Waals surface area contributed by atoms with Gasteiger partial charge in [-0.05, 0) is 48.9 Å². The maximum atomic E-state index is 13.4. The van der Waals surface area contributed by atoms with Gasteiger partial charge in [-0.2, -0.15) is 0 Å². The fourth-order valence-electron chi connectivity index (χ4n) is 3.58. The van der Waals surface area contributed by atoms with Gasteiger partial charge in [-0.15, -0.1) is 0 Å². The first-order valence-corrected chi connectivity index (χ1v) is 12.7. The third-order valence-electron chi connectivity index (χ3n) is 5.43. The van der Waals surface area contributed by atoms with Gasteiger partial charge >= 0.3 is 0 Å². The van der Waals surface area contributed by atoms with Crippen LogP contribution in [0, 0.1) is 5.82 Å². The predicted molar refractivity (Wildman–Crippen MR) is 124 cm³/mol. The number of halogens is 2. The van der Waals surface area contributed by atoms with Gasteiger partial charge in [0, 0.05) is 43.2 Å². The van der Waals surface area contributed by atoms with E-state index >= 15 is 0 Å². The molecule has 1 fully saturated rings. The Morgan fingerprint density at radius 2 is 1.65 bits per heavy atom. The molecule has 34 heavy (non-hydrogen) atoms. The number of nitrogens with zero attached hydrogens (tertiary/aromatic N) is 2. The second kappa shape index (κ2) is 11.0. The van der Waals surface area contributed by atoms with E-state index in [1.165, 1.54) is 23.1 Å². The minimum absolute atomic E-state index is 0.0284. The first-order valence-electron chi connectivity index (χ1n) is 10.8. The Morgan fingerprint density at radius 3 is 2.24 bits per heavy atom. The van der Waals surface area contributed by atoms with E-state index in [4.69, 9.17) is 11.6 Å². The van der Waals surface area contributed by atoms with E-state index in [-0.39, 0.29) is 47.6 Å². The molecule has 2 aromatic rings. The molecule has 0 bridgehead atoms. The Hall–Kier alpha value is -2.98. The molecule has 3 rings (SSSR count). The van der Waals surface area contributed by atoms with Crippen LogP contribution in [0.1, 0.15) is 30.1 Å². The molecule has 1 heterocycles. The van der Waals surface area contributed by atoms with Crippen LogP contribution in [0.4, 0.5) is 4.39 Å². The van der Waals surface area contributed by atoms with Crippen LogP contribution in [0.2, 0.25) is 5.02 Å². The number of nitrogens with one attached hydrogen (secondary N) is 1. The van der Waals surface area contributed by atoms with Gasteiger partial charge in [-0.25, -0.2) is 12.8 Å². The van der Waals surface area contributed by atoms with Crippen LogP contribution in [0.3, 0.4) is 0 Å². The van der Waals surface area contributed by atoms with Crippen LogP contribution >= 0.6 is 11.6 Å². The van der Waals surface area contributed by atoms with Gasteiger partial charge in [0.05, 0.1) is 4.90 Å². The summed E-state index contributed by atoms with van der Waals surface area (Å²) >= 11 is 5.93. The summed E-state index contributed by atoms with van der Waals surface area (Å²) in [4.78, 5) is 40.9. The Bertz CT molecular complexity index is 1170. The second-order valence-electron chi connectivity index (χ2n) is 7.82.